The van der Waals surface area contributed by atoms with Gasteiger partial charge in [-0.1, -0.05) is 24.3 Å². The fraction of sp³-hybridized carbons (Fsp3) is 0.182. The van der Waals surface area contributed by atoms with Crippen LogP contribution < -0.4 is 14.8 Å². The van der Waals surface area contributed by atoms with Crippen molar-refractivity contribution in [2.24, 2.45) is 0 Å². The monoisotopic (exact) mass is 378 g/mol. The van der Waals surface area contributed by atoms with Crippen LogP contribution >= 0.6 is 0 Å². The Morgan fingerprint density at radius 3 is 2.43 bits per heavy atom. The Balaban J connectivity index is 2.05. The summed E-state index contributed by atoms with van der Waals surface area (Å²) in [5.41, 5.74) is 1.72. The molecule has 0 aromatic heterocycles. The summed E-state index contributed by atoms with van der Waals surface area (Å²) < 4.78 is 10.8. The topological polar surface area (TPSA) is 67.9 Å². The molecule has 0 aliphatic carbocycles. The zero-order valence-electron chi connectivity index (χ0n) is 15.9. The van der Waals surface area contributed by atoms with Crippen LogP contribution in [0.15, 0.2) is 66.9 Å². The highest BCUT2D eigenvalue weighted by atomic mass is 16.5. The van der Waals surface area contributed by atoms with Gasteiger partial charge in [0.2, 0.25) is 0 Å². The molecule has 1 aliphatic rings. The van der Waals surface area contributed by atoms with Gasteiger partial charge in [-0.2, -0.15) is 0 Å². The minimum Gasteiger partial charge on any atom is -0.496 e. The highest BCUT2D eigenvalue weighted by Gasteiger charge is 2.39. The average Bonchev–Trinajstić information content (AvgIpc) is 2.94. The summed E-state index contributed by atoms with van der Waals surface area (Å²) in [5, 5.41) is 3.10. The lowest BCUT2D eigenvalue weighted by Gasteiger charge is -2.12. The first-order chi connectivity index (χ1) is 13.6. The third-order valence-corrected chi connectivity index (χ3v) is 4.29. The van der Waals surface area contributed by atoms with Gasteiger partial charge < -0.3 is 14.8 Å². The summed E-state index contributed by atoms with van der Waals surface area (Å²) >= 11 is 0. The minimum absolute atomic E-state index is 0.130. The largest absolute Gasteiger partial charge is 0.496 e. The zero-order valence-corrected chi connectivity index (χ0v) is 15.9. The highest BCUT2D eigenvalue weighted by molar-refractivity contribution is 6.37. The summed E-state index contributed by atoms with van der Waals surface area (Å²) in [5.74, 6) is 0.460. The van der Waals surface area contributed by atoms with Gasteiger partial charge in [-0.15, -0.1) is 6.58 Å². The molecule has 1 aliphatic heterocycles. The van der Waals surface area contributed by atoms with Gasteiger partial charge >= 0.3 is 0 Å². The Morgan fingerprint density at radius 2 is 1.79 bits per heavy atom. The predicted octanol–water partition coefficient (Wildman–Crippen LogP) is 3.47. The van der Waals surface area contributed by atoms with Gasteiger partial charge in [0.15, 0.2) is 0 Å². The van der Waals surface area contributed by atoms with Crippen LogP contribution in [0.5, 0.6) is 11.5 Å². The average molecular weight is 378 g/mol. The molecular formula is C22H22N2O4. The maximum atomic E-state index is 13.0. The second-order valence-electron chi connectivity index (χ2n) is 6.04. The number of rotatable bonds is 8. The van der Waals surface area contributed by atoms with Crippen LogP contribution in [0.1, 0.15) is 12.5 Å². The van der Waals surface area contributed by atoms with Crippen LogP contribution in [0.4, 0.5) is 5.69 Å². The van der Waals surface area contributed by atoms with Crippen molar-refractivity contribution in [3.8, 4) is 11.5 Å². The van der Waals surface area contributed by atoms with Crippen molar-refractivity contribution in [2.75, 3.05) is 25.6 Å². The number of hydrogen-bond acceptors (Lipinski definition) is 5. The van der Waals surface area contributed by atoms with Crippen molar-refractivity contribution in [1.29, 1.82) is 0 Å². The molecule has 3 rings (SSSR count). The fourth-order valence-corrected chi connectivity index (χ4v) is 3.03. The van der Waals surface area contributed by atoms with Gasteiger partial charge in [0.05, 0.1) is 19.3 Å². The number of methoxy groups -OCH3 is 1. The van der Waals surface area contributed by atoms with Crippen LogP contribution in [0.2, 0.25) is 0 Å². The maximum Gasteiger partial charge on any atom is 0.278 e. The Morgan fingerprint density at radius 1 is 1.07 bits per heavy atom. The quantitative estimate of drug-likeness (QED) is 0.563. The number of hydrogen-bond donors (Lipinski definition) is 1. The summed E-state index contributed by atoms with van der Waals surface area (Å²) in [6, 6.07) is 14.3. The van der Waals surface area contributed by atoms with Gasteiger partial charge in [-0.3, -0.25) is 14.5 Å². The van der Waals surface area contributed by atoms with Crippen LogP contribution in [0.25, 0.3) is 5.57 Å². The molecule has 2 aromatic carbocycles. The van der Waals surface area contributed by atoms with Crippen molar-refractivity contribution in [2.45, 2.75) is 6.92 Å². The molecule has 0 bridgehead atoms. The summed E-state index contributed by atoms with van der Waals surface area (Å²) in [7, 11) is 1.53. The van der Waals surface area contributed by atoms with Crippen LogP contribution in [0.3, 0.4) is 0 Å². The number of carbonyl (C=O) groups excluding carboxylic acids is 2. The Hall–Kier alpha value is -3.54. The second-order valence-corrected chi connectivity index (χ2v) is 6.04. The van der Waals surface area contributed by atoms with Gasteiger partial charge in [-0.05, 0) is 37.3 Å². The number of carbonyl (C=O) groups is 2. The Kier molecular flexibility index (Phi) is 5.79. The normalized spacial score (nSPS) is 13.7. The molecule has 0 radical (unpaired) electrons. The van der Waals surface area contributed by atoms with E-state index in [2.05, 4.69) is 11.9 Å². The molecule has 6 heteroatoms. The molecule has 6 nitrogen and oxygen atoms in total. The number of nitrogens with zero attached hydrogens (tertiary/aromatic N) is 1. The standard InChI is InChI=1S/C22H22N2O4/c1-4-14-24-21(25)19(17-8-6-7-9-18(17)27-3)20(22(24)26)23-15-10-12-16(13-11-15)28-5-2/h4,6-13,23H,1,5,14H2,2-3H3. The van der Waals surface area contributed by atoms with E-state index in [1.54, 1.807) is 42.5 Å². The smallest absolute Gasteiger partial charge is 0.278 e. The number of ether oxygens (including phenoxy) is 2. The maximum absolute atomic E-state index is 13.0. The number of anilines is 1. The lowest BCUT2D eigenvalue weighted by Crippen LogP contribution is -2.32. The first-order valence-electron chi connectivity index (χ1n) is 8.95. The molecule has 0 spiro atoms. The van der Waals surface area contributed by atoms with Crippen LogP contribution in [-0.4, -0.2) is 37.0 Å². The van der Waals surface area contributed by atoms with E-state index >= 15 is 0 Å². The number of para-hydroxylation sites is 1. The predicted molar refractivity (Wildman–Crippen MR) is 108 cm³/mol. The van der Waals surface area contributed by atoms with Crippen LogP contribution in [-0.2, 0) is 9.59 Å². The molecule has 144 valence electrons. The van der Waals surface area contributed by atoms with Crippen molar-refractivity contribution < 1.29 is 19.1 Å². The van der Waals surface area contributed by atoms with Crippen molar-refractivity contribution in [1.82, 2.24) is 4.90 Å². The lowest BCUT2D eigenvalue weighted by atomic mass is 10.0. The lowest BCUT2D eigenvalue weighted by molar-refractivity contribution is -0.136. The summed E-state index contributed by atoms with van der Waals surface area (Å²) in [6.45, 7) is 6.25. The molecule has 1 heterocycles. The van der Waals surface area contributed by atoms with E-state index in [0.717, 1.165) is 10.6 Å². The summed E-state index contributed by atoms with van der Waals surface area (Å²) in [4.78, 5) is 27.1. The molecule has 0 saturated heterocycles. The number of amides is 2. The zero-order chi connectivity index (χ0) is 20.1. The van der Waals surface area contributed by atoms with E-state index in [9.17, 15) is 9.59 Å². The van der Waals surface area contributed by atoms with Crippen molar-refractivity contribution in [3.05, 3.63) is 72.4 Å². The summed E-state index contributed by atoms with van der Waals surface area (Å²) in [6.07, 6.45) is 1.52. The van der Waals surface area contributed by atoms with Gasteiger partial charge in [0.1, 0.15) is 17.2 Å². The van der Waals surface area contributed by atoms with E-state index in [1.807, 2.05) is 13.0 Å². The third kappa shape index (κ3) is 3.62. The molecule has 1 N–H and O–H groups in total. The SMILES string of the molecule is C=CCN1C(=O)C(Nc2ccc(OCC)cc2)=C(c2ccccc2OC)C1=O. The number of imide groups is 1. The molecule has 28 heavy (non-hydrogen) atoms. The van der Waals surface area contributed by atoms with Crippen LogP contribution in [0, 0.1) is 0 Å². The molecule has 0 saturated carbocycles. The van der Waals surface area contributed by atoms with Gasteiger partial charge in [-0.25, -0.2) is 0 Å². The van der Waals surface area contributed by atoms with E-state index in [0.29, 0.717) is 23.6 Å². The highest BCUT2D eigenvalue weighted by Crippen LogP contribution is 2.35. The first kappa shape index (κ1) is 19.2. The van der Waals surface area contributed by atoms with Crippen molar-refractivity contribution >= 4 is 23.1 Å². The van der Waals surface area contributed by atoms with E-state index in [-0.39, 0.29) is 23.7 Å². The number of benzene rings is 2. The van der Waals surface area contributed by atoms with Crippen molar-refractivity contribution in [3.63, 3.8) is 0 Å². The molecule has 2 aromatic rings. The molecule has 0 fully saturated rings. The van der Waals surface area contributed by atoms with E-state index in [4.69, 9.17) is 9.47 Å². The first-order valence-corrected chi connectivity index (χ1v) is 8.95. The molecule has 0 unspecified atom stereocenters. The Labute approximate surface area is 164 Å². The van der Waals surface area contributed by atoms with E-state index in [1.165, 1.54) is 13.2 Å². The molecular weight excluding hydrogens is 356 g/mol. The second kappa shape index (κ2) is 8.43. The minimum atomic E-state index is -0.403. The van der Waals surface area contributed by atoms with Gasteiger partial charge in [0, 0.05) is 17.8 Å². The molecule has 2 amide bonds. The molecule has 0 atom stereocenters. The van der Waals surface area contributed by atoms with Gasteiger partial charge in [0.25, 0.3) is 11.8 Å². The fourth-order valence-electron chi connectivity index (χ4n) is 3.03. The number of nitrogens with one attached hydrogen (secondary N) is 1. The third-order valence-electron chi connectivity index (χ3n) is 4.29. The van der Waals surface area contributed by atoms with E-state index < -0.39 is 5.91 Å². The Bertz CT molecular complexity index is 932.